The van der Waals surface area contributed by atoms with E-state index in [9.17, 15) is 9.59 Å². The standard InChI is InChI=1S/C19H25N3O3.ClH/c1-2-25-17-6-4-3-5-16(17)22-13-15(11-18(22)23)19(24)21-12-14-7-9-20-10-8-14;/h3-7,15,20H,2,8-13H2,1H3,(H,21,24);1H. The zero-order valence-electron chi connectivity index (χ0n) is 15.0. The number of carbonyl (C=O) groups excluding carboxylic acids is 2. The van der Waals surface area contributed by atoms with Gasteiger partial charge in [0, 0.05) is 26.1 Å². The van der Waals surface area contributed by atoms with Gasteiger partial charge in [0.1, 0.15) is 5.75 Å². The summed E-state index contributed by atoms with van der Waals surface area (Å²) in [4.78, 5) is 26.5. The minimum atomic E-state index is -0.315. The SMILES string of the molecule is CCOc1ccccc1N1CC(C(=O)NCC2=CCNCC2)CC1=O.Cl. The van der Waals surface area contributed by atoms with Gasteiger partial charge in [-0.25, -0.2) is 0 Å². The summed E-state index contributed by atoms with van der Waals surface area (Å²) in [6.07, 6.45) is 3.32. The van der Waals surface area contributed by atoms with E-state index in [1.807, 2.05) is 31.2 Å². The zero-order valence-corrected chi connectivity index (χ0v) is 15.8. The van der Waals surface area contributed by atoms with Gasteiger partial charge in [0.2, 0.25) is 11.8 Å². The lowest BCUT2D eigenvalue weighted by molar-refractivity contribution is -0.126. The third-order valence-corrected chi connectivity index (χ3v) is 4.60. The number of benzene rings is 1. The molecule has 1 unspecified atom stereocenters. The van der Waals surface area contributed by atoms with Crippen LogP contribution in [0.3, 0.4) is 0 Å². The van der Waals surface area contributed by atoms with E-state index in [1.54, 1.807) is 4.90 Å². The summed E-state index contributed by atoms with van der Waals surface area (Å²) in [7, 11) is 0. The first-order valence-electron chi connectivity index (χ1n) is 8.87. The lowest BCUT2D eigenvalue weighted by Gasteiger charge is -2.20. The highest BCUT2D eigenvalue weighted by atomic mass is 35.5. The Labute approximate surface area is 160 Å². The van der Waals surface area contributed by atoms with Crippen LogP contribution in [0.25, 0.3) is 0 Å². The molecule has 2 heterocycles. The van der Waals surface area contributed by atoms with Crippen molar-refractivity contribution in [1.82, 2.24) is 10.6 Å². The third kappa shape index (κ3) is 4.77. The number of hydrogen-bond acceptors (Lipinski definition) is 4. The average Bonchev–Trinajstić information content (AvgIpc) is 3.03. The number of nitrogens with zero attached hydrogens (tertiary/aromatic N) is 1. The van der Waals surface area contributed by atoms with Crippen LogP contribution in [0.1, 0.15) is 19.8 Å². The second-order valence-corrected chi connectivity index (χ2v) is 6.34. The van der Waals surface area contributed by atoms with Gasteiger partial charge < -0.3 is 20.3 Å². The smallest absolute Gasteiger partial charge is 0.227 e. The largest absolute Gasteiger partial charge is 0.492 e. The predicted octanol–water partition coefficient (Wildman–Crippen LogP) is 1.90. The Morgan fingerprint density at radius 3 is 2.92 bits per heavy atom. The molecule has 26 heavy (non-hydrogen) atoms. The van der Waals surface area contributed by atoms with Crippen LogP contribution in [0.2, 0.25) is 0 Å². The van der Waals surface area contributed by atoms with Crippen molar-refractivity contribution in [1.29, 1.82) is 0 Å². The van der Waals surface area contributed by atoms with Gasteiger partial charge in [-0.3, -0.25) is 9.59 Å². The molecule has 1 saturated heterocycles. The lowest BCUT2D eigenvalue weighted by Crippen LogP contribution is -2.35. The van der Waals surface area contributed by atoms with Crippen LogP contribution in [0.4, 0.5) is 5.69 Å². The first-order valence-corrected chi connectivity index (χ1v) is 8.87. The second kappa shape index (κ2) is 9.59. The maximum absolute atomic E-state index is 12.5. The molecule has 0 radical (unpaired) electrons. The van der Waals surface area contributed by atoms with Crippen LogP contribution in [0.5, 0.6) is 5.75 Å². The Bertz CT molecular complexity index is 678. The van der Waals surface area contributed by atoms with Crippen LogP contribution < -0.4 is 20.3 Å². The molecule has 1 aromatic rings. The molecule has 0 aliphatic carbocycles. The lowest BCUT2D eigenvalue weighted by atomic mass is 10.1. The zero-order chi connectivity index (χ0) is 17.6. The van der Waals surface area contributed by atoms with Crippen LogP contribution in [-0.2, 0) is 9.59 Å². The van der Waals surface area contributed by atoms with Gasteiger partial charge >= 0.3 is 0 Å². The maximum Gasteiger partial charge on any atom is 0.227 e. The van der Waals surface area contributed by atoms with Crippen LogP contribution >= 0.6 is 12.4 Å². The molecule has 142 valence electrons. The normalized spacial score (nSPS) is 19.6. The number of para-hydroxylation sites is 2. The number of ether oxygens (including phenoxy) is 1. The first kappa shape index (κ1) is 20.3. The fraction of sp³-hybridized carbons (Fsp3) is 0.474. The van der Waals surface area contributed by atoms with Crippen molar-refractivity contribution in [2.75, 3.05) is 37.7 Å². The van der Waals surface area contributed by atoms with Gasteiger partial charge in [-0.15, -0.1) is 12.4 Å². The summed E-state index contributed by atoms with van der Waals surface area (Å²) in [6, 6.07) is 7.47. The van der Waals surface area contributed by atoms with E-state index in [-0.39, 0.29) is 36.6 Å². The fourth-order valence-electron chi connectivity index (χ4n) is 3.25. The molecular weight excluding hydrogens is 354 g/mol. The molecule has 1 fully saturated rings. The number of carbonyl (C=O) groups is 2. The van der Waals surface area contributed by atoms with Crippen molar-refractivity contribution in [3.8, 4) is 5.75 Å². The third-order valence-electron chi connectivity index (χ3n) is 4.60. The molecule has 2 amide bonds. The first-order chi connectivity index (χ1) is 12.2. The summed E-state index contributed by atoms with van der Waals surface area (Å²) in [6.45, 7) is 5.22. The van der Waals surface area contributed by atoms with Crippen LogP contribution in [0, 0.1) is 5.92 Å². The minimum absolute atomic E-state index is 0. The number of hydrogen-bond donors (Lipinski definition) is 2. The number of halogens is 1. The van der Waals surface area contributed by atoms with Gasteiger partial charge in [0.25, 0.3) is 0 Å². The quantitative estimate of drug-likeness (QED) is 0.740. The molecule has 2 N–H and O–H groups in total. The molecule has 0 spiro atoms. The molecule has 2 aliphatic rings. The number of rotatable bonds is 6. The van der Waals surface area contributed by atoms with E-state index in [0.717, 1.165) is 25.2 Å². The Morgan fingerprint density at radius 2 is 2.19 bits per heavy atom. The van der Waals surface area contributed by atoms with Crippen molar-refractivity contribution < 1.29 is 14.3 Å². The highest BCUT2D eigenvalue weighted by Crippen LogP contribution is 2.33. The Balaban J connectivity index is 0.00000243. The maximum atomic E-state index is 12.5. The van der Waals surface area contributed by atoms with E-state index < -0.39 is 0 Å². The highest BCUT2D eigenvalue weighted by molar-refractivity contribution is 6.01. The van der Waals surface area contributed by atoms with Gasteiger partial charge in [0.05, 0.1) is 18.2 Å². The molecule has 0 saturated carbocycles. The van der Waals surface area contributed by atoms with Crippen molar-refractivity contribution in [2.24, 2.45) is 5.92 Å². The minimum Gasteiger partial charge on any atom is -0.492 e. The molecule has 3 rings (SSSR count). The second-order valence-electron chi connectivity index (χ2n) is 6.34. The molecule has 7 heteroatoms. The Hall–Kier alpha value is -2.05. The van der Waals surface area contributed by atoms with E-state index in [1.165, 1.54) is 5.57 Å². The predicted molar refractivity (Wildman–Crippen MR) is 104 cm³/mol. The van der Waals surface area contributed by atoms with Crippen molar-refractivity contribution in [3.05, 3.63) is 35.9 Å². The molecule has 1 aromatic carbocycles. The van der Waals surface area contributed by atoms with E-state index in [4.69, 9.17) is 4.74 Å². The molecule has 0 aromatic heterocycles. The number of nitrogens with one attached hydrogen (secondary N) is 2. The van der Waals surface area contributed by atoms with E-state index in [0.29, 0.717) is 25.4 Å². The molecule has 0 bridgehead atoms. The van der Waals surface area contributed by atoms with Crippen molar-refractivity contribution in [2.45, 2.75) is 19.8 Å². The van der Waals surface area contributed by atoms with Gasteiger partial charge in [-0.2, -0.15) is 0 Å². The summed E-state index contributed by atoms with van der Waals surface area (Å²) in [5.74, 6) is 0.279. The van der Waals surface area contributed by atoms with Crippen LogP contribution in [0.15, 0.2) is 35.9 Å². The average molecular weight is 380 g/mol. The Morgan fingerprint density at radius 1 is 1.38 bits per heavy atom. The fourth-order valence-corrected chi connectivity index (χ4v) is 3.25. The molecule has 2 aliphatic heterocycles. The summed E-state index contributed by atoms with van der Waals surface area (Å²) < 4.78 is 5.61. The molecule has 6 nitrogen and oxygen atoms in total. The summed E-state index contributed by atoms with van der Waals surface area (Å²) >= 11 is 0. The summed E-state index contributed by atoms with van der Waals surface area (Å²) in [5.41, 5.74) is 1.99. The van der Waals surface area contributed by atoms with Crippen molar-refractivity contribution in [3.63, 3.8) is 0 Å². The van der Waals surface area contributed by atoms with Gasteiger partial charge in [0.15, 0.2) is 0 Å². The molecule has 1 atom stereocenters. The van der Waals surface area contributed by atoms with E-state index >= 15 is 0 Å². The van der Waals surface area contributed by atoms with Gasteiger partial charge in [-0.05, 0) is 32.0 Å². The van der Waals surface area contributed by atoms with Gasteiger partial charge in [-0.1, -0.05) is 23.8 Å². The van der Waals surface area contributed by atoms with E-state index in [2.05, 4.69) is 16.7 Å². The topological polar surface area (TPSA) is 70.7 Å². The number of amides is 2. The summed E-state index contributed by atoms with van der Waals surface area (Å²) in [5, 5.41) is 6.23. The highest BCUT2D eigenvalue weighted by Gasteiger charge is 2.36. The monoisotopic (exact) mass is 379 g/mol. The molecular formula is C19H26ClN3O3. The van der Waals surface area contributed by atoms with Crippen molar-refractivity contribution >= 4 is 29.9 Å². The number of anilines is 1. The van der Waals surface area contributed by atoms with Crippen LogP contribution in [-0.4, -0.2) is 44.6 Å². The Kier molecular flexibility index (Phi) is 7.48.